The molecule has 1 saturated heterocycles. The van der Waals surface area contributed by atoms with Gasteiger partial charge in [0.15, 0.2) is 5.76 Å². The number of nitrogens with one attached hydrogen (secondary N) is 2. The van der Waals surface area contributed by atoms with Crippen LogP contribution in [0.15, 0.2) is 64.6 Å². The zero-order valence-electron chi connectivity index (χ0n) is 17.0. The molecule has 0 aliphatic carbocycles. The monoisotopic (exact) mass is 437 g/mol. The lowest BCUT2D eigenvalue weighted by Gasteiger charge is -2.27. The lowest BCUT2D eigenvalue weighted by atomic mass is 9.97. The van der Waals surface area contributed by atoms with Gasteiger partial charge in [-0.2, -0.15) is 0 Å². The zero-order chi connectivity index (χ0) is 21.8. The second kappa shape index (κ2) is 9.18. The molecule has 0 bridgehead atoms. The Kier molecular flexibility index (Phi) is 6.18. The molecular weight excluding hydrogens is 414 g/mol. The van der Waals surface area contributed by atoms with Crippen LogP contribution in [0.4, 0.5) is 5.69 Å². The molecule has 1 aliphatic heterocycles. The average Bonchev–Trinajstić information content (AvgIpc) is 3.52. The van der Waals surface area contributed by atoms with Gasteiger partial charge in [0.2, 0.25) is 11.8 Å². The van der Waals surface area contributed by atoms with Crippen LogP contribution >= 0.6 is 11.3 Å². The third kappa shape index (κ3) is 4.54. The van der Waals surface area contributed by atoms with Crippen molar-refractivity contribution in [1.82, 2.24) is 10.6 Å². The minimum Gasteiger partial charge on any atom is -0.459 e. The molecule has 1 fully saturated rings. The molecule has 1 aromatic carbocycles. The molecule has 3 aromatic rings. The van der Waals surface area contributed by atoms with Gasteiger partial charge in [0.1, 0.15) is 0 Å². The number of furan rings is 1. The summed E-state index contributed by atoms with van der Waals surface area (Å²) in [6.45, 7) is 2.52. The smallest absolute Gasteiger partial charge is 0.287 e. The third-order valence-corrected chi connectivity index (χ3v) is 6.20. The second-order valence-electron chi connectivity index (χ2n) is 7.39. The first-order valence-electron chi connectivity index (χ1n) is 10.1. The van der Waals surface area contributed by atoms with Gasteiger partial charge >= 0.3 is 0 Å². The number of aryl methyl sites for hydroxylation is 1. The summed E-state index contributed by atoms with van der Waals surface area (Å²) in [7, 11) is 0. The normalized spacial score (nSPS) is 18.2. The summed E-state index contributed by atoms with van der Waals surface area (Å²) in [5, 5.41) is 7.51. The predicted molar refractivity (Wildman–Crippen MR) is 118 cm³/mol. The number of benzene rings is 1. The van der Waals surface area contributed by atoms with E-state index < -0.39 is 5.92 Å². The first-order valence-corrected chi connectivity index (χ1v) is 10.9. The van der Waals surface area contributed by atoms with Crippen LogP contribution in [0.25, 0.3) is 0 Å². The number of hydrogen-bond acceptors (Lipinski definition) is 5. The van der Waals surface area contributed by atoms with Gasteiger partial charge in [-0.25, -0.2) is 0 Å². The zero-order valence-corrected chi connectivity index (χ0v) is 17.9. The first kappa shape index (κ1) is 20.9. The third-order valence-electron chi connectivity index (χ3n) is 5.26. The Morgan fingerprint density at radius 1 is 1.10 bits per heavy atom. The van der Waals surface area contributed by atoms with Gasteiger partial charge < -0.3 is 20.0 Å². The maximum atomic E-state index is 13.0. The van der Waals surface area contributed by atoms with E-state index in [-0.39, 0.29) is 49.0 Å². The number of nitrogens with zero attached hydrogens (tertiary/aromatic N) is 1. The van der Waals surface area contributed by atoms with Crippen LogP contribution < -0.4 is 15.5 Å². The molecule has 3 heterocycles. The largest absolute Gasteiger partial charge is 0.459 e. The molecule has 160 valence electrons. The molecule has 2 aromatic heterocycles. The Bertz CT molecular complexity index is 1050. The summed E-state index contributed by atoms with van der Waals surface area (Å²) in [6.07, 6.45) is 1.57. The van der Waals surface area contributed by atoms with Gasteiger partial charge in [0.05, 0.1) is 18.2 Å². The van der Waals surface area contributed by atoms with E-state index in [1.54, 1.807) is 17.0 Å². The van der Waals surface area contributed by atoms with Gasteiger partial charge in [-0.3, -0.25) is 14.4 Å². The Hall–Kier alpha value is -3.39. The highest BCUT2D eigenvalue weighted by Gasteiger charge is 2.45. The summed E-state index contributed by atoms with van der Waals surface area (Å²) in [6, 6.07) is 14.5. The first-order chi connectivity index (χ1) is 15.0. The quantitative estimate of drug-likeness (QED) is 0.555. The van der Waals surface area contributed by atoms with Crippen molar-refractivity contribution in [3.8, 4) is 0 Å². The number of amides is 3. The van der Waals surface area contributed by atoms with E-state index in [4.69, 9.17) is 4.42 Å². The molecule has 0 saturated carbocycles. The Labute approximate surface area is 184 Å². The summed E-state index contributed by atoms with van der Waals surface area (Å²) in [5.74, 6) is -0.896. The molecule has 3 amide bonds. The van der Waals surface area contributed by atoms with Crippen molar-refractivity contribution < 1.29 is 18.8 Å². The fourth-order valence-electron chi connectivity index (χ4n) is 3.75. The molecule has 4 rings (SSSR count). The molecule has 0 radical (unpaired) electrons. The van der Waals surface area contributed by atoms with Crippen LogP contribution in [0.2, 0.25) is 0 Å². The molecule has 1 aliphatic rings. The number of carbonyl (C=O) groups excluding carboxylic acids is 3. The molecular formula is C23H23N3O4S. The SMILES string of the molecule is Cc1ccc(N2C(=O)CC(C(=O)NCCNC(=O)c3ccco3)C2c2cccs2)cc1. The van der Waals surface area contributed by atoms with Crippen molar-refractivity contribution in [3.05, 3.63) is 76.4 Å². The number of thiophene rings is 1. The highest BCUT2D eigenvalue weighted by Crippen LogP contribution is 2.43. The highest BCUT2D eigenvalue weighted by molar-refractivity contribution is 7.10. The van der Waals surface area contributed by atoms with Crippen LogP contribution in [-0.2, 0) is 9.59 Å². The van der Waals surface area contributed by atoms with Crippen LogP contribution in [0.5, 0.6) is 0 Å². The highest BCUT2D eigenvalue weighted by atomic mass is 32.1. The van der Waals surface area contributed by atoms with Crippen molar-refractivity contribution >= 4 is 34.7 Å². The summed E-state index contributed by atoms with van der Waals surface area (Å²) in [4.78, 5) is 40.5. The topological polar surface area (TPSA) is 91.7 Å². The lowest BCUT2D eigenvalue weighted by Crippen LogP contribution is -2.39. The number of rotatable bonds is 7. The summed E-state index contributed by atoms with van der Waals surface area (Å²) >= 11 is 1.53. The maximum Gasteiger partial charge on any atom is 0.287 e. The maximum absolute atomic E-state index is 13.0. The molecule has 31 heavy (non-hydrogen) atoms. The average molecular weight is 438 g/mol. The molecule has 2 atom stereocenters. The van der Waals surface area contributed by atoms with Gasteiger partial charge in [-0.1, -0.05) is 23.8 Å². The number of carbonyl (C=O) groups is 3. The van der Waals surface area contributed by atoms with E-state index >= 15 is 0 Å². The molecule has 2 N–H and O–H groups in total. The van der Waals surface area contributed by atoms with Crippen molar-refractivity contribution in [2.45, 2.75) is 19.4 Å². The van der Waals surface area contributed by atoms with E-state index in [9.17, 15) is 14.4 Å². The van der Waals surface area contributed by atoms with E-state index in [0.29, 0.717) is 0 Å². The number of anilines is 1. The molecule has 2 unspecified atom stereocenters. The van der Waals surface area contributed by atoms with Crippen LogP contribution in [0.1, 0.15) is 33.5 Å². The molecule has 8 heteroatoms. The minimum absolute atomic E-state index is 0.0754. The fraction of sp³-hybridized carbons (Fsp3) is 0.261. The molecule has 7 nitrogen and oxygen atoms in total. The van der Waals surface area contributed by atoms with Crippen LogP contribution in [0, 0.1) is 12.8 Å². The second-order valence-corrected chi connectivity index (χ2v) is 8.37. The van der Waals surface area contributed by atoms with Gasteiger partial charge in [-0.05, 0) is 42.6 Å². The van der Waals surface area contributed by atoms with Crippen molar-refractivity contribution in [3.63, 3.8) is 0 Å². The lowest BCUT2D eigenvalue weighted by molar-refractivity contribution is -0.126. The van der Waals surface area contributed by atoms with E-state index in [1.165, 1.54) is 17.6 Å². The van der Waals surface area contributed by atoms with Crippen molar-refractivity contribution in [2.75, 3.05) is 18.0 Å². The number of hydrogen-bond donors (Lipinski definition) is 2. The predicted octanol–water partition coefficient (Wildman–Crippen LogP) is 3.29. The Morgan fingerprint density at radius 3 is 2.55 bits per heavy atom. The van der Waals surface area contributed by atoms with Gasteiger partial charge in [0.25, 0.3) is 5.91 Å². The summed E-state index contributed by atoms with van der Waals surface area (Å²) in [5.41, 5.74) is 1.89. The fourth-order valence-corrected chi connectivity index (χ4v) is 4.63. The van der Waals surface area contributed by atoms with Crippen LogP contribution in [0.3, 0.4) is 0 Å². The van der Waals surface area contributed by atoms with E-state index in [0.717, 1.165) is 16.1 Å². The standard InChI is InChI=1S/C23H23N3O4S/c1-15-6-8-16(9-7-15)26-20(27)14-17(21(26)19-5-3-13-31-19)22(28)24-10-11-25-23(29)18-4-2-12-30-18/h2-9,12-13,17,21H,10-11,14H2,1H3,(H,24,28)(H,25,29). The molecule has 0 spiro atoms. The van der Waals surface area contributed by atoms with E-state index in [1.807, 2.05) is 48.7 Å². The van der Waals surface area contributed by atoms with Crippen molar-refractivity contribution in [2.24, 2.45) is 5.92 Å². The Morgan fingerprint density at radius 2 is 1.87 bits per heavy atom. The van der Waals surface area contributed by atoms with Crippen molar-refractivity contribution in [1.29, 1.82) is 0 Å². The minimum atomic E-state index is -0.506. The Balaban J connectivity index is 1.43. The summed E-state index contributed by atoms with van der Waals surface area (Å²) < 4.78 is 5.04. The van der Waals surface area contributed by atoms with E-state index in [2.05, 4.69) is 10.6 Å². The van der Waals surface area contributed by atoms with Crippen LogP contribution in [-0.4, -0.2) is 30.8 Å². The van der Waals surface area contributed by atoms with Gasteiger partial charge in [0, 0.05) is 30.1 Å². The van der Waals surface area contributed by atoms with Gasteiger partial charge in [-0.15, -0.1) is 11.3 Å².